The number of ether oxygens (including phenoxy) is 2. The molecular formula is C19H26N2O4. The maximum Gasteiger partial charge on any atom is 0.228 e. The Kier molecular flexibility index (Phi) is 5.27. The molecule has 3 rings (SSSR count). The summed E-state index contributed by atoms with van der Waals surface area (Å²) in [6, 6.07) is 7.45. The second kappa shape index (κ2) is 7.44. The van der Waals surface area contributed by atoms with E-state index in [4.69, 9.17) is 9.47 Å². The molecule has 6 heteroatoms. The smallest absolute Gasteiger partial charge is 0.228 e. The number of hydrogen-bond donors (Lipinski definition) is 0. The highest BCUT2D eigenvalue weighted by molar-refractivity contribution is 6.00. The van der Waals surface area contributed by atoms with Crippen molar-refractivity contribution in [3.8, 4) is 5.75 Å². The van der Waals surface area contributed by atoms with E-state index in [2.05, 4.69) is 0 Å². The molecular weight excluding hydrogens is 320 g/mol. The molecule has 0 saturated carbocycles. The lowest BCUT2D eigenvalue weighted by molar-refractivity contribution is -0.147. The van der Waals surface area contributed by atoms with Crippen LogP contribution in [0.5, 0.6) is 5.75 Å². The number of benzene rings is 1. The van der Waals surface area contributed by atoms with Gasteiger partial charge in [0.2, 0.25) is 11.8 Å². The minimum atomic E-state index is -0.281. The molecule has 0 spiro atoms. The van der Waals surface area contributed by atoms with Crippen molar-refractivity contribution in [2.45, 2.75) is 39.4 Å². The van der Waals surface area contributed by atoms with Crippen molar-refractivity contribution in [1.29, 1.82) is 0 Å². The standard InChI is InChI=1S/C19H26N2O4/c1-4-24-17-7-5-16(6-8-17)21-12-15(9-18(21)22)19(23)20-10-13(2)25-14(3)11-20/h5-8,13-15H,4,9-12H2,1-3H3/t13-,14-,15+/m1/s1. The van der Waals surface area contributed by atoms with E-state index in [1.807, 2.05) is 49.9 Å². The third-order valence-electron chi connectivity index (χ3n) is 4.66. The summed E-state index contributed by atoms with van der Waals surface area (Å²) in [6.45, 7) is 8.11. The molecule has 2 amide bonds. The van der Waals surface area contributed by atoms with Gasteiger partial charge in [-0.05, 0) is 45.0 Å². The van der Waals surface area contributed by atoms with Gasteiger partial charge in [-0.15, -0.1) is 0 Å². The van der Waals surface area contributed by atoms with Crippen molar-refractivity contribution in [3.05, 3.63) is 24.3 Å². The number of nitrogens with zero attached hydrogens (tertiary/aromatic N) is 2. The van der Waals surface area contributed by atoms with Crippen molar-refractivity contribution < 1.29 is 19.1 Å². The zero-order chi connectivity index (χ0) is 18.0. The van der Waals surface area contributed by atoms with Gasteiger partial charge in [0.25, 0.3) is 0 Å². The van der Waals surface area contributed by atoms with Crippen LogP contribution in [-0.4, -0.2) is 55.2 Å². The van der Waals surface area contributed by atoms with E-state index in [0.29, 0.717) is 26.2 Å². The normalized spacial score (nSPS) is 26.8. The molecule has 2 aliphatic rings. The molecule has 2 aliphatic heterocycles. The molecule has 0 aliphatic carbocycles. The Morgan fingerprint density at radius 2 is 1.80 bits per heavy atom. The Bertz CT molecular complexity index is 621. The van der Waals surface area contributed by atoms with Crippen molar-refractivity contribution in [3.63, 3.8) is 0 Å². The Labute approximate surface area is 148 Å². The molecule has 2 heterocycles. The zero-order valence-electron chi connectivity index (χ0n) is 15.1. The molecule has 0 radical (unpaired) electrons. The molecule has 1 aromatic rings. The van der Waals surface area contributed by atoms with Gasteiger partial charge < -0.3 is 19.3 Å². The Morgan fingerprint density at radius 1 is 1.16 bits per heavy atom. The van der Waals surface area contributed by atoms with E-state index >= 15 is 0 Å². The first-order chi connectivity index (χ1) is 12.0. The van der Waals surface area contributed by atoms with E-state index in [1.54, 1.807) is 4.90 Å². The molecule has 0 N–H and O–H groups in total. The van der Waals surface area contributed by atoms with E-state index in [0.717, 1.165) is 11.4 Å². The third kappa shape index (κ3) is 3.95. The lowest BCUT2D eigenvalue weighted by Crippen LogP contribution is -2.50. The third-order valence-corrected chi connectivity index (χ3v) is 4.66. The van der Waals surface area contributed by atoms with Crippen LogP contribution in [0.2, 0.25) is 0 Å². The number of morpholine rings is 1. The highest BCUT2D eigenvalue weighted by Crippen LogP contribution is 2.28. The molecule has 3 atom stereocenters. The van der Waals surface area contributed by atoms with Crippen molar-refractivity contribution in [2.24, 2.45) is 5.92 Å². The van der Waals surface area contributed by atoms with Gasteiger partial charge in [-0.1, -0.05) is 0 Å². The van der Waals surface area contributed by atoms with E-state index < -0.39 is 0 Å². The first-order valence-corrected chi connectivity index (χ1v) is 8.95. The quantitative estimate of drug-likeness (QED) is 0.837. The molecule has 1 aromatic carbocycles. The van der Waals surface area contributed by atoms with Crippen LogP contribution in [0.4, 0.5) is 5.69 Å². The van der Waals surface area contributed by atoms with Crippen LogP contribution in [0.15, 0.2) is 24.3 Å². The van der Waals surface area contributed by atoms with Gasteiger partial charge in [0.1, 0.15) is 5.75 Å². The van der Waals surface area contributed by atoms with Crippen LogP contribution < -0.4 is 9.64 Å². The van der Waals surface area contributed by atoms with Gasteiger partial charge >= 0.3 is 0 Å². The maximum absolute atomic E-state index is 12.8. The Balaban J connectivity index is 1.66. The summed E-state index contributed by atoms with van der Waals surface area (Å²) in [4.78, 5) is 28.8. The molecule has 136 valence electrons. The topological polar surface area (TPSA) is 59.1 Å². The Hall–Kier alpha value is -2.08. The van der Waals surface area contributed by atoms with Gasteiger partial charge in [0, 0.05) is 31.7 Å². The van der Waals surface area contributed by atoms with Crippen molar-refractivity contribution >= 4 is 17.5 Å². The predicted molar refractivity (Wildman–Crippen MR) is 94.7 cm³/mol. The number of carbonyl (C=O) groups is 2. The molecule has 2 saturated heterocycles. The molecule has 2 fully saturated rings. The van der Waals surface area contributed by atoms with Crippen LogP contribution in [0.25, 0.3) is 0 Å². The number of hydrogen-bond acceptors (Lipinski definition) is 4. The van der Waals surface area contributed by atoms with E-state index in [1.165, 1.54) is 0 Å². The Morgan fingerprint density at radius 3 is 2.40 bits per heavy atom. The van der Waals surface area contributed by atoms with Crippen LogP contribution in [0.1, 0.15) is 27.2 Å². The first-order valence-electron chi connectivity index (χ1n) is 8.95. The van der Waals surface area contributed by atoms with Crippen LogP contribution in [0.3, 0.4) is 0 Å². The summed E-state index contributed by atoms with van der Waals surface area (Å²) in [7, 11) is 0. The molecule has 6 nitrogen and oxygen atoms in total. The van der Waals surface area contributed by atoms with Gasteiger partial charge in [-0.2, -0.15) is 0 Å². The second-order valence-corrected chi connectivity index (χ2v) is 6.83. The van der Waals surface area contributed by atoms with Gasteiger partial charge in [-0.25, -0.2) is 0 Å². The van der Waals surface area contributed by atoms with E-state index in [-0.39, 0.29) is 36.4 Å². The predicted octanol–water partition coefficient (Wildman–Crippen LogP) is 2.07. The van der Waals surface area contributed by atoms with Gasteiger partial charge in [0.15, 0.2) is 0 Å². The summed E-state index contributed by atoms with van der Waals surface area (Å²) in [5.74, 6) is 0.555. The highest BCUT2D eigenvalue weighted by atomic mass is 16.5. The fraction of sp³-hybridized carbons (Fsp3) is 0.579. The minimum Gasteiger partial charge on any atom is -0.494 e. The average Bonchev–Trinajstić information content (AvgIpc) is 2.96. The average molecular weight is 346 g/mol. The summed E-state index contributed by atoms with van der Waals surface area (Å²) in [5.41, 5.74) is 0.812. The molecule has 25 heavy (non-hydrogen) atoms. The number of amides is 2. The second-order valence-electron chi connectivity index (χ2n) is 6.83. The fourth-order valence-electron chi connectivity index (χ4n) is 3.63. The largest absolute Gasteiger partial charge is 0.494 e. The van der Waals surface area contributed by atoms with Crippen LogP contribution >= 0.6 is 0 Å². The molecule has 0 unspecified atom stereocenters. The fourth-order valence-corrected chi connectivity index (χ4v) is 3.63. The van der Waals surface area contributed by atoms with Crippen LogP contribution in [0, 0.1) is 5.92 Å². The summed E-state index contributed by atoms with van der Waals surface area (Å²) >= 11 is 0. The number of rotatable bonds is 4. The summed E-state index contributed by atoms with van der Waals surface area (Å²) in [6.07, 6.45) is 0.339. The maximum atomic E-state index is 12.8. The van der Waals surface area contributed by atoms with Gasteiger partial charge in [0.05, 0.1) is 24.7 Å². The minimum absolute atomic E-state index is 0.00290. The van der Waals surface area contributed by atoms with E-state index in [9.17, 15) is 9.59 Å². The SMILES string of the molecule is CCOc1ccc(N2C[C@@H](C(=O)N3C[C@@H](C)O[C@H](C)C3)CC2=O)cc1. The zero-order valence-corrected chi connectivity index (χ0v) is 15.1. The summed E-state index contributed by atoms with van der Waals surface area (Å²) in [5, 5.41) is 0. The summed E-state index contributed by atoms with van der Waals surface area (Å²) < 4.78 is 11.1. The number of carbonyl (C=O) groups excluding carboxylic acids is 2. The van der Waals surface area contributed by atoms with Crippen LogP contribution in [-0.2, 0) is 14.3 Å². The van der Waals surface area contributed by atoms with Gasteiger partial charge in [-0.3, -0.25) is 9.59 Å². The number of anilines is 1. The van der Waals surface area contributed by atoms with Crippen molar-refractivity contribution in [1.82, 2.24) is 4.90 Å². The molecule has 0 aromatic heterocycles. The monoisotopic (exact) mass is 346 g/mol. The molecule has 0 bridgehead atoms. The highest BCUT2D eigenvalue weighted by Gasteiger charge is 2.38. The first kappa shape index (κ1) is 17.7. The lowest BCUT2D eigenvalue weighted by atomic mass is 10.1. The lowest BCUT2D eigenvalue weighted by Gasteiger charge is -2.36. The van der Waals surface area contributed by atoms with Crippen molar-refractivity contribution in [2.75, 3.05) is 31.1 Å².